The summed E-state index contributed by atoms with van der Waals surface area (Å²) < 4.78 is 3.66. The van der Waals surface area contributed by atoms with Crippen LogP contribution in [0.3, 0.4) is 0 Å². The molecule has 222 valence electrons. The van der Waals surface area contributed by atoms with Gasteiger partial charge in [-0.25, -0.2) is 0 Å². The Balaban J connectivity index is 1.12. The van der Waals surface area contributed by atoms with Crippen molar-refractivity contribution in [2.24, 2.45) is 0 Å². The number of benzene rings is 7. The molecule has 0 saturated carbocycles. The van der Waals surface area contributed by atoms with Gasteiger partial charge in [0.15, 0.2) is 0 Å². The highest BCUT2D eigenvalue weighted by Gasteiger charge is 2.16. The van der Waals surface area contributed by atoms with Gasteiger partial charge in [0.1, 0.15) is 0 Å². The molecule has 0 spiro atoms. The highest BCUT2D eigenvalue weighted by molar-refractivity contribution is 7.17. The predicted octanol–water partition coefficient (Wildman–Crippen LogP) is 12.8. The third-order valence-electron chi connectivity index (χ3n) is 9.07. The van der Waals surface area contributed by atoms with Crippen LogP contribution >= 0.6 is 11.3 Å². The zero-order chi connectivity index (χ0) is 31.2. The molecule has 0 bridgehead atoms. The van der Waals surface area contributed by atoms with Gasteiger partial charge in [-0.15, -0.1) is 11.3 Å². The minimum absolute atomic E-state index is 1.12. The summed E-state index contributed by atoms with van der Waals surface area (Å²) in [6.07, 6.45) is 0. The van der Waals surface area contributed by atoms with E-state index in [1.165, 1.54) is 59.8 Å². The molecule has 47 heavy (non-hydrogen) atoms. The van der Waals surface area contributed by atoms with Crippen LogP contribution in [0.2, 0.25) is 0 Å². The summed E-state index contributed by atoms with van der Waals surface area (Å²) in [6.45, 7) is 0. The Bertz CT molecular complexity index is 2490. The summed E-state index contributed by atoms with van der Waals surface area (Å²) in [7, 11) is 0. The van der Waals surface area contributed by atoms with E-state index in [2.05, 4.69) is 191 Å². The van der Waals surface area contributed by atoms with E-state index in [-0.39, 0.29) is 0 Å². The van der Waals surface area contributed by atoms with Crippen LogP contribution < -0.4 is 4.90 Å². The Morgan fingerprint density at radius 2 is 0.979 bits per heavy atom. The van der Waals surface area contributed by atoms with Gasteiger partial charge in [-0.05, 0) is 112 Å². The maximum Gasteiger partial charge on any atom is 0.0541 e. The van der Waals surface area contributed by atoms with E-state index in [1.54, 1.807) is 11.3 Å². The summed E-state index contributed by atoms with van der Waals surface area (Å²) in [6, 6.07) is 63.6. The van der Waals surface area contributed by atoms with Crippen molar-refractivity contribution < 1.29 is 0 Å². The molecule has 0 fully saturated rings. The lowest BCUT2D eigenvalue weighted by Gasteiger charge is -2.26. The molecule has 2 heterocycles. The minimum atomic E-state index is 1.12. The van der Waals surface area contributed by atoms with Gasteiger partial charge in [0.05, 0.1) is 11.0 Å². The van der Waals surface area contributed by atoms with Crippen molar-refractivity contribution in [2.45, 2.75) is 0 Å². The number of fused-ring (bicyclic) bond motifs is 4. The molecule has 0 radical (unpaired) electrons. The van der Waals surface area contributed by atoms with Crippen molar-refractivity contribution in [3.8, 4) is 27.9 Å². The molecule has 2 nitrogen and oxygen atoms in total. The molecular weight excluding hydrogens is 589 g/mol. The smallest absolute Gasteiger partial charge is 0.0541 e. The average Bonchev–Trinajstić information content (AvgIpc) is 3.75. The Hall–Kier alpha value is -5.90. The van der Waals surface area contributed by atoms with Crippen LogP contribution in [0.1, 0.15) is 0 Å². The van der Waals surface area contributed by atoms with Crippen molar-refractivity contribution in [2.75, 3.05) is 4.90 Å². The lowest BCUT2D eigenvalue weighted by molar-refractivity contribution is 1.18. The third kappa shape index (κ3) is 4.89. The number of nitrogens with zero attached hydrogens (tertiary/aromatic N) is 2. The zero-order valence-electron chi connectivity index (χ0n) is 25.6. The summed E-state index contributed by atoms with van der Waals surface area (Å²) in [5.74, 6) is 0. The largest absolute Gasteiger partial charge is 0.310 e. The first kappa shape index (κ1) is 27.4. The molecule has 0 unspecified atom stereocenters. The fraction of sp³-hybridized carbons (Fsp3) is 0. The van der Waals surface area contributed by atoms with Crippen LogP contribution in [0, 0.1) is 0 Å². The Labute approximate surface area is 278 Å². The van der Waals surface area contributed by atoms with E-state index >= 15 is 0 Å². The number of hydrogen-bond donors (Lipinski definition) is 0. The number of aromatic nitrogens is 1. The third-order valence-corrected chi connectivity index (χ3v) is 9.97. The molecule has 0 N–H and O–H groups in total. The number of para-hydroxylation sites is 2. The second kappa shape index (κ2) is 11.5. The Morgan fingerprint density at radius 1 is 0.404 bits per heavy atom. The second-order valence-corrected chi connectivity index (χ2v) is 12.8. The van der Waals surface area contributed by atoms with Crippen molar-refractivity contribution in [3.63, 3.8) is 0 Å². The van der Waals surface area contributed by atoms with Gasteiger partial charge in [0, 0.05) is 38.2 Å². The molecule has 0 amide bonds. The van der Waals surface area contributed by atoms with Crippen molar-refractivity contribution in [1.29, 1.82) is 0 Å². The number of rotatable bonds is 6. The summed E-state index contributed by atoms with van der Waals surface area (Å²) in [4.78, 5) is 2.35. The monoisotopic (exact) mass is 618 g/mol. The highest BCUT2D eigenvalue weighted by Crippen LogP contribution is 2.40. The maximum absolute atomic E-state index is 2.36. The molecule has 0 saturated heterocycles. The average molecular weight is 619 g/mol. The molecule has 3 heteroatoms. The number of hydrogen-bond acceptors (Lipinski definition) is 2. The van der Waals surface area contributed by atoms with E-state index in [9.17, 15) is 0 Å². The lowest BCUT2D eigenvalue weighted by atomic mass is 10.0. The van der Waals surface area contributed by atoms with Gasteiger partial charge in [0.25, 0.3) is 0 Å². The second-order valence-electron chi connectivity index (χ2n) is 11.9. The van der Waals surface area contributed by atoms with Gasteiger partial charge in [-0.2, -0.15) is 0 Å². The number of anilines is 3. The fourth-order valence-corrected chi connectivity index (χ4v) is 7.56. The molecule has 0 aliphatic rings. The fourth-order valence-electron chi connectivity index (χ4n) is 6.78. The normalized spacial score (nSPS) is 11.4. The van der Waals surface area contributed by atoms with E-state index in [4.69, 9.17) is 0 Å². The van der Waals surface area contributed by atoms with Crippen molar-refractivity contribution in [1.82, 2.24) is 4.57 Å². The molecule has 7 aromatic carbocycles. The standard InChI is InChI=1S/C44H30N2S/c1-3-9-31(10-4-1)32-15-20-37(21-16-32)45(39-24-26-44-35(29-39)27-28-47-44)38-22-17-33(18-23-38)34-19-25-43-41(30-34)40-13-7-8-14-42(40)46(43)36-11-5-2-6-12-36/h1-30H. The first-order valence-electron chi connectivity index (χ1n) is 15.9. The quantitative estimate of drug-likeness (QED) is 0.180. The molecule has 9 aromatic rings. The predicted molar refractivity (Wildman–Crippen MR) is 202 cm³/mol. The van der Waals surface area contributed by atoms with Gasteiger partial charge in [0.2, 0.25) is 0 Å². The number of thiophene rings is 1. The van der Waals surface area contributed by atoms with Crippen molar-refractivity contribution >= 4 is 60.3 Å². The first-order valence-corrected chi connectivity index (χ1v) is 16.8. The van der Waals surface area contributed by atoms with Gasteiger partial charge >= 0.3 is 0 Å². The molecule has 0 atom stereocenters. The van der Waals surface area contributed by atoms with Gasteiger partial charge in [-0.3, -0.25) is 0 Å². The van der Waals surface area contributed by atoms with E-state index < -0.39 is 0 Å². The Kier molecular flexibility index (Phi) is 6.69. The zero-order valence-corrected chi connectivity index (χ0v) is 26.4. The van der Waals surface area contributed by atoms with Crippen LogP contribution in [-0.4, -0.2) is 4.57 Å². The van der Waals surface area contributed by atoms with Crippen LogP contribution in [0.15, 0.2) is 181 Å². The SMILES string of the molecule is c1ccc(-c2ccc(N(c3ccc(-c4ccc5c(c4)c4ccccc4n5-c4ccccc4)cc3)c3ccc4sccc4c3)cc2)cc1. The summed E-state index contributed by atoms with van der Waals surface area (Å²) in [5.41, 5.74) is 11.8. The molecule has 2 aromatic heterocycles. The highest BCUT2D eigenvalue weighted by atomic mass is 32.1. The van der Waals surface area contributed by atoms with Gasteiger partial charge in [-0.1, -0.05) is 97.1 Å². The summed E-state index contributed by atoms with van der Waals surface area (Å²) >= 11 is 1.78. The first-order chi connectivity index (χ1) is 23.3. The van der Waals surface area contributed by atoms with Crippen molar-refractivity contribution in [3.05, 3.63) is 181 Å². The maximum atomic E-state index is 2.36. The van der Waals surface area contributed by atoms with Crippen LogP contribution in [0.5, 0.6) is 0 Å². The minimum Gasteiger partial charge on any atom is -0.310 e. The van der Waals surface area contributed by atoms with Crippen LogP contribution in [-0.2, 0) is 0 Å². The molecular formula is C44H30N2S. The van der Waals surface area contributed by atoms with E-state index in [0.717, 1.165) is 17.1 Å². The van der Waals surface area contributed by atoms with Crippen LogP contribution in [0.25, 0.3) is 59.8 Å². The molecule has 0 aliphatic heterocycles. The lowest BCUT2D eigenvalue weighted by Crippen LogP contribution is -2.09. The molecule has 9 rings (SSSR count). The Morgan fingerprint density at radius 3 is 1.72 bits per heavy atom. The van der Waals surface area contributed by atoms with E-state index in [1.807, 2.05) is 0 Å². The topological polar surface area (TPSA) is 8.17 Å². The summed E-state index contributed by atoms with van der Waals surface area (Å²) in [5, 5.41) is 5.95. The van der Waals surface area contributed by atoms with Gasteiger partial charge < -0.3 is 9.47 Å². The molecule has 0 aliphatic carbocycles. The van der Waals surface area contributed by atoms with Crippen LogP contribution in [0.4, 0.5) is 17.1 Å². The van der Waals surface area contributed by atoms with E-state index in [0.29, 0.717) is 0 Å².